The van der Waals surface area contributed by atoms with Crippen LogP contribution in [-0.2, 0) is 6.42 Å². The molecule has 0 spiro atoms. The second-order valence-corrected chi connectivity index (χ2v) is 6.10. The first-order valence-electron chi connectivity index (χ1n) is 6.69. The van der Waals surface area contributed by atoms with Crippen molar-refractivity contribution >= 4 is 17.5 Å². The van der Waals surface area contributed by atoms with Crippen LogP contribution in [0.1, 0.15) is 21.5 Å². The van der Waals surface area contributed by atoms with Gasteiger partial charge in [-0.2, -0.15) is 0 Å². The van der Waals surface area contributed by atoms with E-state index in [9.17, 15) is 4.79 Å². The zero-order chi connectivity index (χ0) is 15.0. The molecule has 2 aromatic carbocycles. The number of carbonyl (C=O) groups is 1. The van der Waals surface area contributed by atoms with Crippen molar-refractivity contribution in [2.45, 2.75) is 23.1 Å². The SMILES string of the molecule is COc1cc(OC)c2c(c1)Sc1cc(C)ccc1CC2=O. The first-order chi connectivity index (χ1) is 10.1. The molecule has 1 aliphatic heterocycles. The minimum Gasteiger partial charge on any atom is -0.497 e. The third kappa shape index (κ3) is 2.51. The molecule has 21 heavy (non-hydrogen) atoms. The fourth-order valence-corrected chi connectivity index (χ4v) is 3.73. The zero-order valence-electron chi connectivity index (χ0n) is 12.2. The second kappa shape index (κ2) is 5.45. The fourth-order valence-electron chi connectivity index (χ4n) is 2.48. The highest BCUT2D eigenvalue weighted by molar-refractivity contribution is 7.99. The largest absolute Gasteiger partial charge is 0.497 e. The fraction of sp³-hybridized carbons (Fsp3) is 0.235. The second-order valence-electron chi connectivity index (χ2n) is 5.02. The average molecular weight is 300 g/mol. The lowest BCUT2D eigenvalue weighted by Gasteiger charge is -2.12. The molecular weight excluding hydrogens is 284 g/mol. The van der Waals surface area contributed by atoms with E-state index in [1.54, 1.807) is 32.0 Å². The summed E-state index contributed by atoms with van der Waals surface area (Å²) in [5.74, 6) is 1.35. The molecule has 0 saturated carbocycles. The summed E-state index contributed by atoms with van der Waals surface area (Å²) in [4.78, 5) is 14.6. The number of hydrogen-bond donors (Lipinski definition) is 0. The highest BCUT2D eigenvalue weighted by Crippen LogP contribution is 2.43. The first-order valence-corrected chi connectivity index (χ1v) is 7.50. The molecule has 1 aliphatic rings. The highest BCUT2D eigenvalue weighted by Gasteiger charge is 2.25. The van der Waals surface area contributed by atoms with Crippen molar-refractivity contribution in [3.8, 4) is 11.5 Å². The standard InChI is InChI=1S/C17H16O3S/c1-10-4-5-11-7-13(18)17-14(20-3)8-12(19-2)9-16(17)21-15(11)6-10/h4-6,8-9H,7H2,1-3H3. The average Bonchev–Trinajstić information content (AvgIpc) is 2.61. The lowest BCUT2D eigenvalue weighted by molar-refractivity contribution is 0.0987. The van der Waals surface area contributed by atoms with E-state index in [0.29, 0.717) is 23.5 Å². The van der Waals surface area contributed by atoms with Crippen LogP contribution in [0.2, 0.25) is 0 Å². The Hall–Kier alpha value is -1.94. The van der Waals surface area contributed by atoms with Gasteiger partial charge in [0.15, 0.2) is 5.78 Å². The van der Waals surface area contributed by atoms with Crippen LogP contribution in [0.15, 0.2) is 40.1 Å². The predicted molar refractivity (Wildman–Crippen MR) is 82.9 cm³/mol. The van der Waals surface area contributed by atoms with Crippen LogP contribution >= 0.6 is 11.8 Å². The minimum atomic E-state index is 0.0830. The van der Waals surface area contributed by atoms with Gasteiger partial charge in [0.2, 0.25) is 0 Å². The number of aryl methyl sites for hydroxylation is 1. The third-order valence-electron chi connectivity index (χ3n) is 3.57. The molecule has 0 amide bonds. The molecule has 2 aromatic rings. The summed E-state index contributed by atoms with van der Waals surface area (Å²) in [6.45, 7) is 2.06. The van der Waals surface area contributed by atoms with Crippen LogP contribution in [0, 0.1) is 6.92 Å². The number of carbonyl (C=O) groups excluding carboxylic acids is 1. The van der Waals surface area contributed by atoms with Crippen molar-refractivity contribution in [2.75, 3.05) is 14.2 Å². The molecule has 0 N–H and O–H groups in total. The molecule has 0 fully saturated rings. The quantitative estimate of drug-likeness (QED) is 0.842. The third-order valence-corrected chi connectivity index (χ3v) is 4.71. The molecule has 108 valence electrons. The van der Waals surface area contributed by atoms with Crippen LogP contribution in [0.4, 0.5) is 0 Å². The van der Waals surface area contributed by atoms with E-state index in [1.165, 1.54) is 5.56 Å². The van der Waals surface area contributed by atoms with E-state index in [4.69, 9.17) is 9.47 Å². The Balaban J connectivity index is 2.20. The predicted octanol–water partition coefficient (Wildman–Crippen LogP) is 3.90. The molecule has 3 rings (SSSR count). The lowest BCUT2D eigenvalue weighted by atomic mass is 10.0. The number of benzene rings is 2. The molecule has 3 nitrogen and oxygen atoms in total. The summed E-state index contributed by atoms with van der Waals surface area (Å²) >= 11 is 1.60. The van der Waals surface area contributed by atoms with E-state index in [2.05, 4.69) is 13.0 Å². The Morgan fingerprint density at radius 3 is 2.57 bits per heavy atom. The summed E-state index contributed by atoms with van der Waals surface area (Å²) in [5.41, 5.74) is 2.90. The Kier molecular flexibility index (Phi) is 3.64. The summed E-state index contributed by atoms with van der Waals surface area (Å²) < 4.78 is 10.7. The van der Waals surface area contributed by atoms with E-state index in [0.717, 1.165) is 15.4 Å². The zero-order valence-corrected chi connectivity index (χ0v) is 13.0. The molecule has 0 aliphatic carbocycles. The van der Waals surface area contributed by atoms with E-state index in [-0.39, 0.29) is 5.78 Å². The van der Waals surface area contributed by atoms with Crippen LogP contribution in [-0.4, -0.2) is 20.0 Å². The van der Waals surface area contributed by atoms with E-state index < -0.39 is 0 Å². The van der Waals surface area contributed by atoms with Gasteiger partial charge in [-0.05, 0) is 30.2 Å². The molecule has 0 saturated heterocycles. The Bertz CT molecular complexity index is 722. The Labute approximate surface area is 128 Å². The van der Waals surface area contributed by atoms with Crippen LogP contribution in [0.25, 0.3) is 0 Å². The normalized spacial score (nSPS) is 13.2. The molecule has 4 heteroatoms. The van der Waals surface area contributed by atoms with E-state index >= 15 is 0 Å². The van der Waals surface area contributed by atoms with Gasteiger partial charge in [-0.25, -0.2) is 0 Å². The van der Waals surface area contributed by atoms with Crippen molar-refractivity contribution < 1.29 is 14.3 Å². The maximum atomic E-state index is 12.6. The number of methoxy groups -OCH3 is 2. The van der Waals surface area contributed by atoms with Gasteiger partial charge >= 0.3 is 0 Å². The molecule has 0 atom stereocenters. The molecular formula is C17H16O3S. The van der Waals surface area contributed by atoms with Crippen molar-refractivity contribution in [1.29, 1.82) is 0 Å². The van der Waals surface area contributed by atoms with E-state index in [1.807, 2.05) is 18.2 Å². The van der Waals surface area contributed by atoms with Gasteiger partial charge in [0.25, 0.3) is 0 Å². The number of ether oxygens (including phenoxy) is 2. The first kappa shape index (κ1) is 14.0. The smallest absolute Gasteiger partial charge is 0.172 e. The molecule has 0 unspecified atom stereocenters. The minimum absolute atomic E-state index is 0.0830. The van der Waals surface area contributed by atoms with Gasteiger partial charge in [-0.1, -0.05) is 23.9 Å². The molecule has 0 bridgehead atoms. The van der Waals surface area contributed by atoms with Crippen molar-refractivity contribution in [3.63, 3.8) is 0 Å². The van der Waals surface area contributed by atoms with Crippen molar-refractivity contribution in [1.82, 2.24) is 0 Å². The van der Waals surface area contributed by atoms with Gasteiger partial charge in [-0.3, -0.25) is 4.79 Å². The molecule has 0 radical (unpaired) electrons. The topological polar surface area (TPSA) is 35.5 Å². The molecule has 1 heterocycles. The number of hydrogen-bond acceptors (Lipinski definition) is 4. The Morgan fingerprint density at radius 1 is 1.05 bits per heavy atom. The van der Waals surface area contributed by atoms with Crippen LogP contribution < -0.4 is 9.47 Å². The maximum absolute atomic E-state index is 12.6. The lowest BCUT2D eigenvalue weighted by Crippen LogP contribution is -2.06. The summed E-state index contributed by atoms with van der Waals surface area (Å²) in [7, 11) is 3.19. The van der Waals surface area contributed by atoms with Gasteiger partial charge in [0.05, 0.1) is 19.8 Å². The number of fused-ring (bicyclic) bond motifs is 2. The van der Waals surface area contributed by atoms with Crippen LogP contribution in [0.3, 0.4) is 0 Å². The van der Waals surface area contributed by atoms with Gasteiger partial charge in [-0.15, -0.1) is 0 Å². The molecule has 0 aromatic heterocycles. The monoisotopic (exact) mass is 300 g/mol. The van der Waals surface area contributed by atoms with Crippen molar-refractivity contribution in [3.05, 3.63) is 47.0 Å². The van der Waals surface area contributed by atoms with Gasteiger partial charge in [0.1, 0.15) is 11.5 Å². The number of Topliss-reactive ketones (excluding diaryl/α,β-unsaturated/α-hetero) is 1. The van der Waals surface area contributed by atoms with Gasteiger partial charge in [0, 0.05) is 22.3 Å². The Morgan fingerprint density at radius 2 is 1.86 bits per heavy atom. The summed E-state index contributed by atoms with van der Waals surface area (Å²) in [5, 5.41) is 0. The highest BCUT2D eigenvalue weighted by atomic mass is 32.2. The summed E-state index contributed by atoms with van der Waals surface area (Å²) in [6, 6.07) is 9.86. The number of rotatable bonds is 2. The van der Waals surface area contributed by atoms with Crippen LogP contribution in [0.5, 0.6) is 11.5 Å². The summed E-state index contributed by atoms with van der Waals surface area (Å²) in [6.07, 6.45) is 0.401. The van der Waals surface area contributed by atoms with Gasteiger partial charge < -0.3 is 9.47 Å². The van der Waals surface area contributed by atoms with Crippen molar-refractivity contribution in [2.24, 2.45) is 0 Å². The maximum Gasteiger partial charge on any atom is 0.172 e. The number of ketones is 1.